The molecule has 0 radical (unpaired) electrons. The van der Waals surface area contributed by atoms with Crippen LogP contribution < -0.4 is 10.5 Å². The second kappa shape index (κ2) is 4.50. The van der Waals surface area contributed by atoms with Crippen LogP contribution in [-0.4, -0.2) is 13.6 Å². The molecule has 1 aromatic heterocycles. The van der Waals surface area contributed by atoms with E-state index in [1.54, 1.807) is 0 Å². The first-order chi connectivity index (χ1) is 8.79. The molecule has 9 heteroatoms. The predicted molar refractivity (Wildman–Crippen MR) is 62.8 cm³/mol. The Kier molecular flexibility index (Phi) is 3.14. The van der Waals surface area contributed by atoms with Crippen molar-refractivity contribution in [2.45, 2.75) is 11.8 Å². The molecule has 3 N–H and O–H groups in total. The largest absolute Gasteiger partial charge is 0.399 e. The number of sulfonamides is 1. The molecule has 19 heavy (non-hydrogen) atoms. The van der Waals surface area contributed by atoms with Crippen LogP contribution >= 0.6 is 0 Å². The Bertz CT molecular complexity index is 704. The van der Waals surface area contributed by atoms with Gasteiger partial charge in [0.2, 0.25) is 0 Å². The van der Waals surface area contributed by atoms with Crippen molar-refractivity contribution in [1.82, 2.24) is 5.16 Å². The smallest absolute Gasteiger partial charge is 0.269 e. The van der Waals surface area contributed by atoms with Crippen molar-refractivity contribution < 1.29 is 21.7 Å². The molecular weight excluding hydrogens is 280 g/mol. The van der Waals surface area contributed by atoms with Gasteiger partial charge in [-0.3, -0.25) is 4.72 Å². The quantitative estimate of drug-likeness (QED) is 0.837. The first kappa shape index (κ1) is 13.3. The summed E-state index contributed by atoms with van der Waals surface area (Å²) in [6.07, 6.45) is 0. The molecule has 0 aliphatic carbocycles. The molecule has 0 atom stereocenters. The molecule has 1 aromatic carbocycles. The van der Waals surface area contributed by atoms with E-state index in [4.69, 9.17) is 5.73 Å². The number of anilines is 2. The lowest BCUT2D eigenvalue weighted by atomic mass is 10.3. The molecule has 0 saturated carbocycles. The number of halogens is 2. The van der Waals surface area contributed by atoms with E-state index in [9.17, 15) is 17.2 Å². The average molecular weight is 289 g/mol. The minimum Gasteiger partial charge on any atom is -0.399 e. The van der Waals surface area contributed by atoms with Crippen molar-refractivity contribution in [1.29, 1.82) is 0 Å². The maximum Gasteiger partial charge on any atom is 0.269 e. The Hall–Kier alpha value is -2.16. The summed E-state index contributed by atoms with van der Waals surface area (Å²) in [7, 11) is -4.46. The third-order valence-corrected chi connectivity index (χ3v) is 3.56. The first-order valence-corrected chi connectivity index (χ1v) is 6.48. The van der Waals surface area contributed by atoms with Crippen molar-refractivity contribution in [2.75, 3.05) is 10.5 Å². The van der Waals surface area contributed by atoms with Gasteiger partial charge in [-0.1, -0.05) is 5.16 Å². The Morgan fingerprint density at radius 2 is 1.84 bits per heavy atom. The van der Waals surface area contributed by atoms with Crippen LogP contribution in [-0.2, 0) is 10.0 Å². The highest BCUT2D eigenvalue weighted by Crippen LogP contribution is 2.24. The molecule has 1 heterocycles. The summed E-state index contributed by atoms with van der Waals surface area (Å²) in [5.41, 5.74) is 4.99. The van der Waals surface area contributed by atoms with E-state index >= 15 is 0 Å². The third-order valence-electron chi connectivity index (χ3n) is 2.16. The van der Waals surface area contributed by atoms with E-state index in [2.05, 4.69) is 9.68 Å². The van der Waals surface area contributed by atoms with Gasteiger partial charge in [-0.05, 0) is 19.1 Å². The third kappa shape index (κ3) is 2.65. The molecule has 102 valence electrons. The van der Waals surface area contributed by atoms with Gasteiger partial charge in [0.25, 0.3) is 10.0 Å². The fourth-order valence-corrected chi connectivity index (χ4v) is 2.54. The Balaban J connectivity index is 2.45. The summed E-state index contributed by atoms with van der Waals surface area (Å²) in [6, 6.07) is 2.70. The Labute approximate surface area is 107 Å². The number of nitrogens with two attached hydrogens (primary N) is 1. The normalized spacial score (nSPS) is 11.5. The zero-order chi connectivity index (χ0) is 14.2. The highest BCUT2D eigenvalue weighted by molar-refractivity contribution is 7.92. The summed E-state index contributed by atoms with van der Waals surface area (Å²) < 4.78 is 57.3. The molecule has 2 aromatic rings. The molecule has 0 aliphatic heterocycles. The monoisotopic (exact) mass is 289 g/mol. The Morgan fingerprint density at radius 1 is 1.26 bits per heavy atom. The van der Waals surface area contributed by atoms with Gasteiger partial charge < -0.3 is 10.3 Å². The van der Waals surface area contributed by atoms with E-state index in [0.29, 0.717) is 17.9 Å². The van der Waals surface area contributed by atoms with Gasteiger partial charge in [0.05, 0.1) is 0 Å². The van der Waals surface area contributed by atoms with E-state index < -0.39 is 26.6 Å². The average Bonchev–Trinajstić information content (AvgIpc) is 2.60. The van der Waals surface area contributed by atoms with Crippen molar-refractivity contribution in [3.05, 3.63) is 35.6 Å². The lowest BCUT2D eigenvalue weighted by Crippen LogP contribution is -2.17. The lowest BCUT2D eigenvalue weighted by Gasteiger charge is -2.07. The van der Waals surface area contributed by atoms with E-state index in [-0.39, 0.29) is 11.5 Å². The van der Waals surface area contributed by atoms with Crippen LogP contribution in [0.25, 0.3) is 0 Å². The minimum atomic E-state index is -4.46. The molecule has 0 bridgehead atoms. The zero-order valence-electron chi connectivity index (χ0n) is 9.65. The molecule has 0 unspecified atom stereocenters. The number of nitrogen functional groups attached to an aromatic ring is 1. The van der Waals surface area contributed by atoms with Gasteiger partial charge in [0, 0.05) is 11.8 Å². The van der Waals surface area contributed by atoms with Crippen molar-refractivity contribution in [2.24, 2.45) is 0 Å². The van der Waals surface area contributed by atoms with Crippen LogP contribution in [0.5, 0.6) is 0 Å². The molecule has 0 amide bonds. The van der Waals surface area contributed by atoms with Gasteiger partial charge in [0.1, 0.15) is 17.4 Å². The number of aromatic nitrogens is 1. The van der Waals surface area contributed by atoms with Crippen LogP contribution in [0.2, 0.25) is 0 Å². The maximum atomic E-state index is 13.5. The number of hydrogen-bond donors (Lipinski definition) is 2. The van der Waals surface area contributed by atoms with Crippen LogP contribution in [0.4, 0.5) is 20.3 Å². The van der Waals surface area contributed by atoms with E-state index in [1.807, 2.05) is 4.72 Å². The van der Waals surface area contributed by atoms with Crippen molar-refractivity contribution >= 4 is 21.5 Å². The molecule has 0 aliphatic rings. The summed E-state index contributed by atoms with van der Waals surface area (Å²) >= 11 is 0. The van der Waals surface area contributed by atoms with Crippen molar-refractivity contribution in [3.8, 4) is 0 Å². The highest BCUT2D eigenvalue weighted by Gasteiger charge is 2.25. The van der Waals surface area contributed by atoms with Gasteiger partial charge >= 0.3 is 0 Å². The van der Waals surface area contributed by atoms with Crippen molar-refractivity contribution in [3.63, 3.8) is 0 Å². The number of nitrogens with zero attached hydrogens (tertiary/aromatic N) is 1. The molecule has 0 fully saturated rings. The van der Waals surface area contributed by atoms with Gasteiger partial charge in [-0.2, -0.15) is 0 Å². The second-order valence-electron chi connectivity index (χ2n) is 3.74. The highest BCUT2D eigenvalue weighted by atomic mass is 32.2. The lowest BCUT2D eigenvalue weighted by molar-refractivity contribution is 0.400. The second-order valence-corrected chi connectivity index (χ2v) is 5.36. The fraction of sp³-hybridized carbons (Fsp3) is 0.100. The van der Waals surface area contributed by atoms with Gasteiger partial charge in [-0.15, -0.1) is 0 Å². The minimum absolute atomic E-state index is 0.173. The summed E-state index contributed by atoms with van der Waals surface area (Å²) in [6.45, 7) is 1.54. The predicted octanol–water partition coefficient (Wildman–Crippen LogP) is 1.64. The molecular formula is C10H9F2N3O3S. The molecule has 2 rings (SSSR count). The van der Waals surface area contributed by atoms with E-state index in [0.717, 1.165) is 0 Å². The summed E-state index contributed by atoms with van der Waals surface area (Å²) in [5.74, 6) is -2.40. The topological polar surface area (TPSA) is 98.2 Å². The van der Waals surface area contributed by atoms with Crippen LogP contribution in [0, 0.1) is 18.6 Å². The number of hydrogen-bond acceptors (Lipinski definition) is 5. The van der Waals surface area contributed by atoms with E-state index in [1.165, 1.54) is 13.0 Å². The standard InChI is InChI=1S/C10H9F2N3O3S/c1-5-2-9(14-18-5)15-19(16,17)10-7(11)3-6(13)4-8(10)12/h2-4H,13H2,1H3,(H,14,15). The van der Waals surface area contributed by atoms with Gasteiger partial charge in [-0.25, -0.2) is 17.2 Å². The number of benzene rings is 1. The summed E-state index contributed by atoms with van der Waals surface area (Å²) in [5, 5.41) is 3.37. The number of aryl methyl sites for hydroxylation is 1. The SMILES string of the molecule is Cc1cc(NS(=O)(=O)c2c(F)cc(N)cc2F)no1. The Morgan fingerprint density at radius 3 is 2.32 bits per heavy atom. The first-order valence-electron chi connectivity index (χ1n) is 5.00. The molecule has 0 spiro atoms. The summed E-state index contributed by atoms with van der Waals surface area (Å²) in [4.78, 5) is -1.12. The number of rotatable bonds is 3. The molecule has 6 nitrogen and oxygen atoms in total. The molecule has 0 saturated heterocycles. The van der Waals surface area contributed by atoms with Crippen LogP contribution in [0.3, 0.4) is 0 Å². The fourth-order valence-electron chi connectivity index (χ4n) is 1.44. The zero-order valence-corrected chi connectivity index (χ0v) is 10.5. The maximum absolute atomic E-state index is 13.5. The van der Waals surface area contributed by atoms with Crippen LogP contribution in [0.1, 0.15) is 5.76 Å². The van der Waals surface area contributed by atoms with Crippen LogP contribution in [0.15, 0.2) is 27.6 Å². The number of nitrogens with one attached hydrogen (secondary N) is 1. The van der Waals surface area contributed by atoms with Gasteiger partial charge in [0.15, 0.2) is 10.7 Å².